The lowest BCUT2D eigenvalue weighted by atomic mass is 9.97. The van der Waals surface area contributed by atoms with Crippen molar-refractivity contribution < 1.29 is 18.0 Å². The van der Waals surface area contributed by atoms with Gasteiger partial charge in [0.25, 0.3) is 0 Å². The minimum atomic E-state index is -3.48. The van der Waals surface area contributed by atoms with Crippen LogP contribution in [0.5, 0.6) is 0 Å². The second-order valence-electron chi connectivity index (χ2n) is 9.67. The van der Waals surface area contributed by atoms with Crippen molar-refractivity contribution in [3.05, 3.63) is 54.6 Å². The van der Waals surface area contributed by atoms with Gasteiger partial charge in [-0.2, -0.15) is 4.31 Å². The van der Waals surface area contributed by atoms with Crippen LogP contribution in [0.4, 0.5) is 17.2 Å². The van der Waals surface area contributed by atoms with Crippen LogP contribution >= 0.6 is 0 Å². The number of benzene rings is 2. The molecule has 5 rings (SSSR count). The van der Waals surface area contributed by atoms with Crippen molar-refractivity contribution in [2.24, 2.45) is 5.92 Å². The first-order valence-electron chi connectivity index (χ1n) is 12.6. The molecule has 0 bridgehead atoms. The zero-order valence-electron chi connectivity index (χ0n) is 20.8. The SMILES string of the molecule is CC(=O)Nc1ccc(NC(=O)[C@@H]2CCCN(c3ccc4cc(S(=O)(=O)N5CCCC5)ccc4n3)C2)cc1. The van der Waals surface area contributed by atoms with E-state index in [2.05, 4.69) is 15.5 Å². The van der Waals surface area contributed by atoms with Crippen LogP contribution in [-0.2, 0) is 19.6 Å². The Morgan fingerprint density at radius 3 is 2.30 bits per heavy atom. The summed E-state index contributed by atoms with van der Waals surface area (Å²) < 4.78 is 27.4. The van der Waals surface area contributed by atoms with Gasteiger partial charge >= 0.3 is 0 Å². The van der Waals surface area contributed by atoms with Crippen LogP contribution in [0.2, 0.25) is 0 Å². The number of aromatic nitrogens is 1. The molecular formula is C27H31N5O4S. The lowest BCUT2D eigenvalue weighted by Gasteiger charge is -2.33. The molecule has 194 valence electrons. The van der Waals surface area contributed by atoms with E-state index in [0.717, 1.165) is 48.9 Å². The third kappa shape index (κ3) is 5.60. The summed E-state index contributed by atoms with van der Waals surface area (Å²) in [7, 11) is -3.48. The average Bonchev–Trinajstić information content (AvgIpc) is 3.45. The van der Waals surface area contributed by atoms with Crippen LogP contribution in [0.25, 0.3) is 10.9 Å². The summed E-state index contributed by atoms with van der Waals surface area (Å²) in [5, 5.41) is 6.46. The minimum absolute atomic E-state index is 0.0467. The van der Waals surface area contributed by atoms with E-state index in [-0.39, 0.29) is 17.7 Å². The molecule has 10 heteroatoms. The number of fused-ring (bicyclic) bond motifs is 1. The van der Waals surface area contributed by atoms with Crippen molar-refractivity contribution in [1.82, 2.24) is 9.29 Å². The number of rotatable bonds is 6. The molecule has 0 aliphatic carbocycles. The molecule has 2 aliphatic rings. The van der Waals surface area contributed by atoms with Gasteiger partial charge in [-0.15, -0.1) is 0 Å². The number of nitrogens with one attached hydrogen (secondary N) is 2. The van der Waals surface area contributed by atoms with Crippen molar-refractivity contribution in [3.8, 4) is 0 Å². The van der Waals surface area contributed by atoms with E-state index in [4.69, 9.17) is 4.98 Å². The van der Waals surface area contributed by atoms with Gasteiger partial charge in [-0.25, -0.2) is 13.4 Å². The first kappa shape index (κ1) is 25.2. The number of carbonyl (C=O) groups excluding carboxylic acids is 2. The molecule has 2 fully saturated rings. The maximum Gasteiger partial charge on any atom is 0.243 e. The Morgan fingerprint density at radius 2 is 1.59 bits per heavy atom. The predicted molar refractivity (Wildman–Crippen MR) is 144 cm³/mol. The second-order valence-corrected chi connectivity index (χ2v) is 11.6. The Balaban J connectivity index is 1.26. The van der Waals surface area contributed by atoms with Crippen LogP contribution in [-0.4, -0.2) is 55.7 Å². The second kappa shape index (κ2) is 10.5. The predicted octanol–water partition coefficient (Wildman–Crippen LogP) is 3.83. The fraction of sp³-hybridized carbons (Fsp3) is 0.370. The highest BCUT2D eigenvalue weighted by Crippen LogP contribution is 2.28. The van der Waals surface area contributed by atoms with E-state index < -0.39 is 10.0 Å². The third-order valence-corrected chi connectivity index (χ3v) is 8.83. The van der Waals surface area contributed by atoms with Gasteiger partial charge in [0.05, 0.1) is 16.3 Å². The first-order valence-corrected chi connectivity index (χ1v) is 14.1. The summed E-state index contributed by atoms with van der Waals surface area (Å²) in [4.78, 5) is 31.4. The van der Waals surface area contributed by atoms with Crippen LogP contribution in [0.3, 0.4) is 0 Å². The van der Waals surface area contributed by atoms with Gasteiger partial charge in [-0.1, -0.05) is 0 Å². The molecular weight excluding hydrogens is 490 g/mol. The molecule has 2 saturated heterocycles. The lowest BCUT2D eigenvalue weighted by molar-refractivity contribution is -0.120. The maximum atomic E-state index is 13.0. The van der Waals surface area contributed by atoms with E-state index in [0.29, 0.717) is 35.9 Å². The quantitative estimate of drug-likeness (QED) is 0.510. The molecule has 3 heterocycles. The molecule has 0 radical (unpaired) electrons. The third-order valence-electron chi connectivity index (χ3n) is 6.94. The number of carbonyl (C=O) groups is 2. The molecule has 0 unspecified atom stereocenters. The minimum Gasteiger partial charge on any atom is -0.356 e. The van der Waals surface area contributed by atoms with Crippen LogP contribution in [0.1, 0.15) is 32.6 Å². The highest BCUT2D eigenvalue weighted by atomic mass is 32.2. The number of sulfonamides is 1. The van der Waals surface area contributed by atoms with Crippen molar-refractivity contribution >= 4 is 49.9 Å². The number of anilines is 3. The van der Waals surface area contributed by atoms with Gasteiger partial charge in [-0.3, -0.25) is 9.59 Å². The van der Waals surface area contributed by atoms with Crippen molar-refractivity contribution in [2.45, 2.75) is 37.5 Å². The van der Waals surface area contributed by atoms with E-state index in [1.165, 1.54) is 6.92 Å². The van der Waals surface area contributed by atoms with Gasteiger partial charge in [0, 0.05) is 49.9 Å². The Morgan fingerprint density at radius 1 is 0.892 bits per heavy atom. The van der Waals surface area contributed by atoms with Gasteiger partial charge < -0.3 is 15.5 Å². The van der Waals surface area contributed by atoms with E-state index in [1.54, 1.807) is 46.8 Å². The molecule has 2 aliphatic heterocycles. The summed E-state index contributed by atoms with van der Waals surface area (Å²) in [6.07, 6.45) is 3.46. The average molecular weight is 522 g/mol. The molecule has 1 aromatic heterocycles. The van der Waals surface area contributed by atoms with Gasteiger partial charge in [0.1, 0.15) is 5.82 Å². The molecule has 1 atom stereocenters. The first-order chi connectivity index (χ1) is 17.8. The molecule has 3 aromatic rings. The maximum absolute atomic E-state index is 13.0. The summed E-state index contributed by atoms with van der Waals surface area (Å²) in [5.74, 6) is 0.400. The Labute approximate surface area is 216 Å². The molecule has 2 N–H and O–H groups in total. The monoisotopic (exact) mass is 521 g/mol. The van der Waals surface area contributed by atoms with E-state index in [1.807, 2.05) is 12.1 Å². The van der Waals surface area contributed by atoms with Gasteiger partial charge in [0.2, 0.25) is 21.8 Å². The Kier molecular flexibility index (Phi) is 7.12. The highest BCUT2D eigenvalue weighted by molar-refractivity contribution is 7.89. The number of piperidine rings is 1. The Bertz CT molecular complexity index is 1420. The number of nitrogens with zero attached hydrogens (tertiary/aromatic N) is 3. The zero-order chi connectivity index (χ0) is 26.0. The molecule has 0 saturated carbocycles. The normalized spacial score (nSPS) is 18.6. The summed E-state index contributed by atoms with van der Waals surface area (Å²) in [6, 6.07) is 16.0. The molecule has 2 aromatic carbocycles. The number of amides is 2. The Hall–Kier alpha value is -3.50. The van der Waals surface area contributed by atoms with Crippen molar-refractivity contribution in [3.63, 3.8) is 0 Å². The number of hydrogen-bond donors (Lipinski definition) is 2. The fourth-order valence-electron chi connectivity index (χ4n) is 4.99. The molecule has 2 amide bonds. The van der Waals surface area contributed by atoms with Gasteiger partial charge in [0.15, 0.2) is 0 Å². The highest BCUT2D eigenvalue weighted by Gasteiger charge is 2.28. The summed E-state index contributed by atoms with van der Waals surface area (Å²) in [5.41, 5.74) is 2.08. The van der Waals surface area contributed by atoms with Crippen molar-refractivity contribution in [2.75, 3.05) is 41.7 Å². The largest absolute Gasteiger partial charge is 0.356 e. The number of hydrogen-bond acceptors (Lipinski definition) is 6. The summed E-state index contributed by atoms with van der Waals surface area (Å²) >= 11 is 0. The van der Waals surface area contributed by atoms with Crippen LogP contribution in [0, 0.1) is 5.92 Å². The summed E-state index contributed by atoms with van der Waals surface area (Å²) in [6.45, 7) is 3.95. The van der Waals surface area contributed by atoms with Crippen LogP contribution < -0.4 is 15.5 Å². The van der Waals surface area contributed by atoms with E-state index in [9.17, 15) is 18.0 Å². The molecule has 9 nitrogen and oxygen atoms in total. The van der Waals surface area contributed by atoms with Gasteiger partial charge in [-0.05, 0) is 80.3 Å². The van der Waals surface area contributed by atoms with E-state index >= 15 is 0 Å². The zero-order valence-corrected chi connectivity index (χ0v) is 21.6. The molecule has 0 spiro atoms. The standard InChI is InChI=1S/C27H31N5O4S/c1-19(33)28-22-7-9-23(10-8-22)29-27(34)21-5-4-14-31(18-21)26-13-6-20-17-24(11-12-25(20)30-26)37(35,36)32-15-2-3-16-32/h6-13,17,21H,2-5,14-16,18H2,1H3,(H,28,33)(H,29,34)/t21-/m1/s1. The molecule has 37 heavy (non-hydrogen) atoms. The lowest BCUT2D eigenvalue weighted by Crippen LogP contribution is -2.41. The number of pyridine rings is 1. The smallest absolute Gasteiger partial charge is 0.243 e. The topological polar surface area (TPSA) is 112 Å². The van der Waals surface area contributed by atoms with Crippen LogP contribution in [0.15, 0.2) is 59.5 Å². The van der Waals surface area contributed by atoms with Crippen molar-refractivity contribution in [1.29, 1.82) is 0 Å². The fourth-order valence-corrected chi connectivity index (χ4v) is 6.54.